The lowest BCUT2D eigenvalue weighted by Gasteiger charge is -2.24. The van der Waals surface area contributed by atoms with Gasteiger partial charge in [0.1, 0.15) is 5.76 Å². The van der Waals surface area contributed by atoms with Crippen LogP contribution in [0.2, 0.25) is 0 Å². The maximum Gasteiger partial charge on any atom is 0.237 e. The summed E-state index contributed by atoms with van der Waals surface area (Å²) >= 11 is 0. The first-order chi connectivity index (χ1) is 10.2. The number of fused-ring (bicyclic) bond motifs is 1. The SMILES string of the molecule is N[C@H](Cc1ccccc1)C(=O)NC1CCCc2occc21. The number of hydrogen-bond donors (Lipinski definition) is 2. The van der Waals surface area contributed by atoms with Gasteiger partial charge in [-0.3, -0.25) is 4.79 Å². The lowest BCUT2D eigenvalue weighted by atomic mass is 9.93. The molecular formula is C17H20N2O2. The van der Waals surface area contributed by atoms with E-state index >= 15 is 0 Å². The Morgan fingerprint density at radius 2 is 2.14 bits per heavy atom. The van der Waals surface area contributed by atoms with E-state index in [2.05, 4.69) is 5.32 Å². The Morgan fingerprint density at radius 3 is 2.95 bits per heavy atom. The molecule has 3 N–H and O–H groups in total. The number of hydrogen-bond acceptors (Lipinski definition) is 3. The quantitative estimate of drug-likeness (QED) is 0.905. The molecule has 0 bridgehead atoms. The molecule has 0 fully saturated rings. The van der Waals surface area contributed by atoms with E-state index in [1.165, 1.54) is 0 Å². The Hall–Kier alpha value is -2.07. The van der Waals surface area contributed by atoms with Gasteiger partial charge in [0.2, 0.25) is 5.91 Å². The van der Waals surface area contributed by atoms with Gasteiger partial charge in [-0.25, -0.2) is 0 Å². The molecule has 2 atom stereocenters. The summed E-state index contributed by atoms with van der Waals surface area (Å²) in [5, 5.41) is 3.06. The van der Waals surface area contributed by atoms with Crippen molar-refractivity contribution >= 4 is 5.91 Å². The van der Waals surface area contributed by atoms with E-state index < -0.39 is 6.04 Å². The smallest absolute Gasteiger partial charge is 0.237 e. The van der Waals surface area contributed by atoms with Crippen molar-refractivity contribution in [2.45, 2.75) is 37.8 Å². The molecule has 1 heterocycles. The van der Waals surface area contributed by atoms with Crippen LogP contribution in [-0.4, -0.2) is 11.9 Å². The number of rotatable bonds is 4. The van der Waals surface area contributed by atoms with Crippen molar-refractivity contribution < 1.29 is 9.21 Å². The van der Waals surface area contributed by atoms with E-state index in [1.807, 2.05) is 36.4 Å². The van der Waals surface area contributed by atoms with Gasteiger partial charge in [-0.15, -0.1) is 0 Å². The van der Waals surface area contributed by atoms with Crippen LogP contribution in [0.4, 0.5) is 0 Å². The molecule has 2 aromatic rings. The molecule has 0 saturated heterocycles. The van der Waals surface area contributed by atoms with Crippen LogP contribution in [0.1, 0.15) is 35.8 Å². The van der Waals surface area contributed by atoms with Crippen molar-refractivity contribution in [2.75, 3.05) is 0 Å². The minimum absolute atomic E-state index is 0.0295. The van der Waals surface area contributed by atoms with Gasteiger partial charge in [0.15, 0.2) is 0 Å². The van der Waals surface area contributed by atoms with Crippen LogP contribution in [0.5, 0.6) is 0 Å². The second-order valence-electron chi connectivity index (χ2n) is 5.55. The number of furan rings is 1. The van der Waals surface area contributed by atoms with Gasteiger partial charge in [-0.05, 0) is 30.9 Å². The third-order valence-electron chi connectivity index (χ3n) is 4.00. The summed E-state index contributed by atoms with van der Waals surface area (Å²) in [6, 6.07) is 11.3. The average Bonchev–Trinajstić information content (AvgIpc) is 2.98. The summed E-state index contributed by atoms with van der Waals surface area (Å²) in [6.07, 6.45) is 5.16. The number of benzene rings is 1. The third-order valence-corrected chi connectivity index (χ3v) is 4.00. The normalized spacial score (nSPS) is 18.8. The number of carbonyl (C=O) groups excluding carboxylic acids is 1. The lowest BCUT2D eigenvalue weighted by Crippen LogP contribution is -2.44. The Bertz CT molecular complexity index is 606. The van der Waals surface area contributed by atoms with E-state index in [4.69, 9.17) is 10.2 Å². The van der Waals surface area contributed by atoms with E-state index in [9.17, 15) is 4.79 Å². The third kappa shape index (κ3) is 3.16. The zero-order chi connectivity index (χ0) is 14.7. The second-order valence-corrected chi connectivity index (χ2v) is 5.55. The molecule has 4 heteroatoms. The monoisotopic (exact) mass is 284 g/mol. The van der Waals surface area contributed by atoms with Gasteiger partial charge >= 0.3 is 0 Å². The number of aryl methyl sites for hydroxylation is 1. The molecule has 0 aliphatic heterocycles. The topological polar surface area (TPSA) is 68.3 Å². The van der Waals surface area contributed by atoms with Gasteiger partial charge in [-0.2, -0.15) is 0 Å². The van der Waals surface area contributed by atoms with Crippen molar-refractivity contribution in [1.82, 2.24) is 5.32 Å². The number of carbonyl (C=O) groups is 1. The average molecular weight is 284 g/mol. The van der Waals surface area contributed by atoms with Crippen LogP contribution in [0.15, 0.2) is 47.1 Å². The molecule has 1 aromatic carbocycles. The molecule has 1 unspecified atom stereocenters. The standard InChI is InChI=1S/C17H20N2O2/c18-14(11-12-5-2-1-3-6-12)17(20)19-15-7-4-8-16-13(15)9-10-21-16/h1-3,5-6,9-10,14-15H,4,7-8,11,18H2,(H,19,20)/t14-,15?/m1/s1. The van der Waals surface area contributed by atoms with Crippen molar-refractivity contribution in [3.8, 4) is 0 Å². The predicted molar refractivity (Wildman–Crippen MR) is 80.7 cm³/mol. The maximum atomic E-state index is 12.3. The molecule has 1 aliphatic rings. The Balaban J connectivity index is 1.62. The second kappa shape index (κ2) is 6.14. The molecule has 1 aromatic heterocycles. The van der Waals surface area contributed by atoms with Crippen molar-refractivity contribution in [1.29, 1.82) is 0 Å². The molecule has 1 amide bonds. The highest BCUT2D eigenvalue weighted by Gasteiger charge is 2.25. The summed E-state index contributed by atoms with van der Waals surface area (Å²) < 4.78 is 5.44. The molecule has 0 spiro atoms. The van der Waals surface area contributed by atoms with Crippen LogP contribution in [0.3, 0.4) is 0 Å². The lowest BCUT2D eigenvalue weighted by molar-refractivity contribution is -0.123. The molecule has 3 rings (SSSR count). The van der Waals surface area contributed by atoms with Gasteiger partial charge in [0.25, 0.3) is 0 Å². The molecule has 0 saturated carbocycles. The van der Waals surface area contributed by atoms with Gasteiger partial charge in [0, 0.05) is 12.0 Å². The Morgan fingerprint density at radius 1 is 1.33 bits per heavy atom. The summed E-state index contributed by atoms with van der Waals surface area (Å²) in [6.45, 7) is 0. The van der Waals surface area contributed by atoms with Crippen LogP contribution in [0, 0.1) is 0 Å². The van der Waals surface area contributed by atoms with E-state index in [0.717, 1.165) is 36.1 Å². The zero-order valence-electron chi connectivity index (χ0n) is 11.9. The maximum absolute atomic E-state index is 12.3. The van der Waals surface area contributed by atoms with Crippen LogP contribution < -0.4 is 11.1 Å². The van der Waals surface area contributed by atoms with Crippen LogP contribution in [-0.2, 0) is 17.6 Å². The summed E-state index contributed by atoms with van der Waals surface area (Å²) in [5.41, 5.74) is 8.20. The Labute approximate surface area is 124 Å². The molecule has 4 nitrogen and oxygen atoms in total. The molecule has 110 valence electrons. The zero-order valence-corrected chi connectivity index (χ0v) is 11.9. The molecule has 21 heavy (non-hydrogen) atoms. The number of nitrogens with one attached hydrogen (secondary N) is 1. The predicted octanol–water partition coefficient (Wildman–Crippen LogP) is 2.34. The van der Waals surface area contributed by atoms with Crippen molar-refractivity contribution in [2.24, 2.45) is 5.73 Å². The van der Waals surface area contributed by atoms with E-state index in [1.54, 1.807) is 6.26 Å². The van der Waals surface area contributed by atoms with Crippen molar-refractivity contribution in [3.05, 3.63) is 59.5 Å². The highest BCUT2D eigenvalue weighted by Crippen LogP contribution is 2.30. The van der Waals surface area contributed by atoms with E-state index in [0.29, 0.717) is 6.42 Å². The summed E-state index contributed by atoms with van der Waals surface area (Å²) in [5.74, 6) is 0.890. The largest absolute Gasteiger partial charge is 0.469 e. The fraction of sp³-hybridized carbons (Fsp3) is 0.353. The fourth-order valence-corrected chi connectivity index (χ4v) is 2.88. The van der Waals surface area contributed by atoms with Gasteiger partial charge < -0.3 is 15.5 Å². The minimum atomic E-state index is -0.523. The summed E-state index contributed by atoms with van der Waals surface area (Å²) in [7, 11) is 0. The highest BCUT2D eigenvalue weighted by atomic mass is 16.3. The number of amides is 1. The van der Waals surface area contributed by atoms with Crippen molar-refractivity contribution in [3.63, 3.8) is 0 Å². The van der Waals surface area contributed by atoms with Gasteiger partial charge in [0.05, 0.1) is 18.3 Å². The van der Waals surface area contributed by atoms with Gasteiger partial charge in [-0.1, -0.05) is 30.3 Å². The van der Waals surface area contributed by atoms with Crippen LogP contribution in [0.25, 0.3) is 0 Å². The first-order valence-corrected chi connectivity index (χ1v) is 7.40. The highest BCUT2D eigenvalue weighted by molar-refractivity contribution is 5.82. The fourth-order valence-electron chi connectivity index (χ4n) is 2.88. The first kappa shape index (κ1) is 13.9. The number of nitrogens with two attached hydrogens (primary N) is 1. The minimum Gasteiger partial charge on any atom is -0.469 e. The summed E-state index contributed by atoms with van der Waals surface area (Å²) in [4.78, 5) is 12.3. The first-order valence-electron chi connectivity index (χ1n) is 7.40. The molecular weight excluding hydrogens is 264 g/mol. The van der Waals surface area contributed by atoms with E-state index in [-0.39, 0.29) is 11.9 Å². The molecule has 1 aliphatic carbocycles. The Kier molecular flexibility index (Phi) is 4.06. The molecule has 0 radical (unpaired) electrons. The van der Waals surface area contributed by atoms with Crippen LogP contribution >= 0.6 is 0 Å².